The van der Waals surface area contributed by atoms with Crippen molar-refractivity contribution >= 4 is 5.69 Å². The molecule has 0 bridgehead atoms. The average Bonchev–Trinajstić information content (AvgIpc) is 2.44. The van der Waals surface area contributed by atoms with Gasteiger partial charge in [-0.1, -0.05) is 0 Å². The molecule has 6 nitrogen and oxygen atoms in total. The minimum atomic E-state index is 0.579. The topological polar surface area (TPSA) is 108 Å². The Balaban J connectivity index is 2.78. The molecule has 0 saturated carbocycles. The molecule has 0 unspecified atom stereocenters. The van der Waals surface area contributed by atoms with E-state index in [1.54, 1.807) is 24.3 Å². The van der Waals surface area contributed by atoms with Gasteiger partial charge < -0.3 is 11.5 Å². The summed E-state index contributed by atoms with van der Waals surface area (Å²) < 4.78 is 0. The molecule has 6 heteroatoms. The largest absolute Gasteiger partial charge is 0.403 e. The van der Waals surface area contributed by atoms with E-state index in [4.69, 9.17) is 22.6 Å². The molecule has 1 aromatic rings. The highest BCUT2D eigenvalue weighted by molar-refractivity contribution is 5.52. The summed E-state index contributed by atoms with van der Waals surface area (Å²) in [5.41, 5.74) is 13.2. The van der Waals surface area contributed by atoms with Gasteiger partial charge in [-0.15, -0.1) is 0 Å². The Kier molecular flexibility index (Phi) is 5.82. The van der Waals surface area contributed by atoms with Gasteiger partial charge in [0, 0.05) is 25.8 Å². The summed E-state index contributed by atoms with van der Waals surface area (Å²) in [5, 5.41) is 10.3. The van der Waals surface area contributed by atoms with E-state index < -0.39 is 0 Å². The second-order valence-corrected chi connectivity index (χ2v) is 4.21. The highest BCUT2D eigenvalue weighted by Gasteiger charge is 2.10. The number of nitrogens with zero attached hydrogens (tertiary/aromatic N) is 3. The highest BCUT2D eigenvalue weighted by atomic mass is 15.4. The number of hydrogen-bond donors (Lipinski definition) is 3. The highest BCUT2D eigenvalue weighted by Crippen LogP contribution is 2.16. The first-order valence-electron chi connectivity index (χ1n) is 5.96. The van der Waals surface area contributed by atoms with Crippen LogP contribution in [0.5, 0.6) is 0 Å². The summed E-state index contributed by atoms with van der Waals surface area (Å²) in [7, 11) is 1.95. The van der Waals surface area contributed by atoms with E-state index in [1.807, 2.05) is 11.9 Å². The predicted octanol–water partition coefficient (Wildman–Crippen LogP) is -0.0710. The Morgan fingerprint density at radius 2 is 2.00 bits per heavy atom. The van der Waals surface area contributed by atoms with Crippen LogP contribution in [0.2, 0.25) is 0 Å². The smallest absolute Gasteiger partial charge is 0.0991 e. The lowest BCUT2D eigenvalue weighted by Crippen LogP contribution is -2.38. The van der Waals surface area contributed by atoms with Crippen LogP contribution in [0, 0.1) is 11.3 Å². The maximum atomic E-state index is 8.76. The molecule has 19 heavy (non-hydrogen) atoms. The van der Waals surface area contributed by atoms with E-state index >= 15 is 0 Å². The molecular formula is C13H20N6. The van der Waals surface area contributed by atoms with Crippen LogP contribution in [0.1, 0.15) is 5.56 Å². The number of hydrogen-bond acceptors (Lipinski definition) is 6. The van der Waals surface area contributed by atoms with Crippen LogP contribution in [0.25, 0.3) is 0 Å². The fraction of sp³-hybridized carbons (Fsp3) is 0.308. The molecule has 1 aromatic carbocycles. The second-order valence-electron chi connectivity index (χ2n) is 4.21. The van der Waals surface area contributed by atoms with Crippen LogP contribution in [-0.4, -0.2) is 31.6 Å². The first-order chi connectivity index (χ1) is 9.12. The molecule has 0 amide bonds. The SMILES string of the molecule is CN(CCN)C/C(=C/N)N(N)c1ccc(C#N)cc1. The molecule has 0 fully saturated rings. The van der Waals surface area contributed by atoms with Crippen LogP contribution in [0.4, 0.5) is 5.69 Å². The number of anilines is 1. The van der Waals surface area contributed by atoms with E-state index in [2.05, 4.69) is 6.07 Å². The lowest BCUT2D eigenvalue weighted by molar-refractivity contribution is 0.368. The summed E-state index contributed by atoms with van der Waals surface area (Å²) in [6.45, 7) is 1.94. The van der Waals surface area contributed by atoms with Gasteiger partial charge in [-0.2, -0.15) is 5.26 Å². The number of nitrogens with two attached hydrogens (primary N) is 3. The van der Waals surface area contributed by atoms with Gasteiger partial charge in [-0.05, 0) is 31.3 Å². The molecule has 0 heterocycles. The lowest BCUT2D eigenvalue weighted by Gasteiger charge is -2.25. The summed E-state index contributed by atoms with van der Waals surface area (Å²) in [4.78, 5) is 2.03. The number of nitriles is 1. The molecule has 0 aromatic heterocycles. The van der Waals surface area contributed by atoms with Gasteiger partial charge in [-0.25, -0.2) is 5.84 Å². The molecule has 0 atom stereocenters. The minimum Gasteiger partial charge on any atom is -0.403 e. The van der Waals surface area contributed by atoms with Gasteiger partial charge >= 0.3 is 0 Å². The number of rotatable bonds is 6. The van der Waals surface area contributed by atoms with Crippen LogP contribution < -0.4 is 22.3 Å². The zero-order valence-electron chi connectivity index (χ0n) is 11.1. The maximum Gasteiger partial charge on any atom is 0.0991 e. The van der Waals surface area contributed by atoms with Gasteiger partial charge in [0.1, 0.15) is 0 Å². The van der Waals surface area contributed by atoms with Gasteiger partial charge in [0.15, 0.2) is 0 Å². The molecular weight excluding hydrogens is 240 g/mol. The third-order valence-corrected chi connectivity index (χ3v) is 2.72. The summed E-state index contributed by atoms with van der Waals surface area (Å²) in [6.07, 6.45) is 1.48. The number of hydrazine groups is 1. The van der Waals surface area contributed by atoms with Gasteiger partial charge in [0.25, 0.3) is 0 Å². The van der Waals surface area contributed by atoms with Crippen molar-refractivity contribution in [1.29, 1.82) is 5.26 Å². The third kappa shape index (κ3) is 4.26. The van der Waals surface area contributed by atoms with E-state index in [0.717, 1.165) is 17.9 Å². The molecule has 0 radical (unpaired) electrons. The quantitative estimate of drug-likeness (QED) is 0.488. The molecule has 0 aliphatic rings. The first-order valence-corrected chi connectivity index (χ1v) is 5.96. The third-order valence-electron chi connectivity index (χ3n) is 2.72. The van der Waals surface area contributed by atoms with Crippen molar-refractivity contribution in [3.8, 4) is 6.07 Å². The van der Waals surface area contributed by atoms with Crippen molar-refractivity contribution in [2.75, 3.05) is 31.7 Å². The molecule has 1 rings (SSSR count). The van der Waals surface area contributed by atoms with Crippen LogP contribution in [0.15, 0.2) is 36.2 Å². The molecule has 6 N–H and O–H groups in total. The van der Waals surface area contributed by atoms with Crippen molar-refractivity contribution in [3.63, 3.8) is 0 Å². The second kappa shape index (κ2) is 7.38. The first kappa shape index (κ1) is 15.0. The Morgan fingerprint density at radius 1 is 1.37 bits per heavy atom. The zero-order valence-corrected chi connectivity index (χ0v) is 11.1. The van der Waals surface area contributed by atoms with Gasteiger partial charge in [0.2, 0.25) is 0 Å². The van der Waals surface area contributed by atoms with Crippen LogP contribution in [0.3, 0.4) is 0 Å². The van der Waals surface area contributed by atoms with Gasteiger partial charge in [-0.3, -0.25) is 9.91 Å². The molecule has 0 spiro atoms. The lowest BCUT2D eigenvalue weighted by atomic mass is 10.2. The van der Waals surface area contributed by atoms with Crippen molar-refractivity contribution in [3.05, 3.63) is 41.7 Å². The van der Waals surface area contributed by atoms with E-state index in [1.165, 1.54) is 11.2 Å². The summed E-state index contributed by atoms with van der Waals surface area (Å²) in [5.74, 6) is 6.03. The number of likely N-dealkylation sites (N-methyl/N-ethyl adjacent to an activating group) is 1. The van der Waals surface area contributed by atoms with E-state index in [0.29, 0.717) is 18.7 Å². The summed E-state index contributed by atoms with van der Waals surface area (Å²) >= 11 is 0. The standard InChI is InChI=1S/C13H20N6/c1-18(7-6-14)10-13(9-16)19(17)12-4-2-11(8-15)3-5-12/h2-5,9H,6-7,10,14,16-17H2,1H3/b13-9-. The normalized spacial score (nSPS) is 11.4. The van der Waals surface area contributed by atoms with Crippen molar-refractivity contribution < 1.29 is 0 Å². The predicted molar refractivity (Wildman–Crippen MR) is 76.6 cm³/mol. The fourth-order valence-electron chi connectivity index (χ4n) is 1.65. The molecule has 0 aliphatic carbocycles. The monoisotopic (exact) mass is 260 g/mol. The van der Waals surface area contributed by atoms with Crippen molar-refractivity contribution in [2.24, 2.45) is 17.3 Å². The van der Waals surface area contributed by atoms with Gasteiger partial charge in [0.05, 0.1) is 23.0 Å². The van der Waals surface area contributed by atoms with Crippen LogP contribution in [-0.2, 0) is 0 Å². The fourth-order valence-corrected chi connectivity index (χ4v) is 1.65. The molecule has 0 aliphatic heterocycles. The zero-order chi connectivity index (χ0) is 14.3. The Morgan fingerprint density at radius 3 is 2.47 bits per heavy atom. The maximum absolute atomic E-state index is 8.76. The van der Waals surface area contributed by atoms with Crippen molar-refractivity contribution in [1.82, 2.24) is 4.90 Å². The Labute approximate surface area is 113 Å². The molecule has 0 saturated heterocycles. The minimum absolute atomic E-state index is 0.579. The Bertz CT molecular complexity index is 459. The molecule has 102 valence electrons. The number of benzene rings is 1. The van der Waals surface area contributed by atoms with Crippen molar-refractivity contribution in [2.45, 2.75) is 0 Å². The van der Waals surface area contributed by atoms with E-state index in [-0.39, 0.29) is 0 Å². The average molecular weight is 260 g/mol. The summed E-state index contributed by atoms with van der Waals surface area (Å²) in [6, 6.07) is 9.06. The Hall–Kier alpha value is -2.07. The van der Waals surface area contributed by atoms with Crippen LogP contribution >= 0.6 is 0 Å². The van der Waals surface area contributed by atoms with E-state index in [9.17, 15) is 0 Å².